The molecule has 6 rings (SSSR count). The first kappa shape index (κ1) is 25.5. The van der Waals surface area contributed by atoms with Crippen LogP contribution in [0, 0.1) is 35.5 Å². The minimum atomic E-state index is -1.14. The Hall–Kier alpha value is -2.79. The molecule has 11 heteroatoms. The van der Waals surface area contributed by atoms with Crippen molar-refractivity contribution in [3.63, 3.8) is 0 Å². The molecule has 2 amide bonds. The van der Waals surface area contributed by atoms with Crippen LogP contribution in [-0.2, 0) is 14.4 Å². The number of ether oxygens (including phenoxy) is 2. The number of aromatic amines is 1. The first-order chi connectivity index (χ1) is 18.2. The number of fused-ring (bicyclic) bond motifs is 9. The van der Waals surface area contributed by atoms with Crippen LogP contribution in [0.1, 0.15) is 43.0 Å². The molecule has 1 aromatic heterocycles. The summed E-state index contributed by atoms with van der Waals surface area (Å²) in [6.45, 7) is 3.78. The SMILES string of the molecule is COc1ccc(C2c3sc(=O)[nH]c3SC3C4CC(C5C(=O)N(C(CC(C)C)C(=O)O)C(=O)C45)C23)cc1OC. The third-order valence-corrected chi connectivity index (χ3v) is 11.4. The summed E-state index contributed by atoms with van der Waals surface area (Å²) in [6, 6.07) is 4.62. The summed E-state index contributed by atoms with van der Waals surface area (Å²) in [5.41, 5.74) is 0.968. The molecular formula is C27H30N2O7S2. The molecule has 38 heavy (non-hydrogen) atoms. The number of methoxy groups -OCH3 is 2. The van der Waals surface area contributed by atoms with Gasteiger partial charge in [-0.25, -0.2) is 4.79 Å². The summed E-state index contributed by atoms with van der Waals surface area (Å²) >= 11 is 2.80. The number of carbonyl (C=O) groups is 3. The van der Waals surface area contributed by atoms with Crippen molar-refractivity contribution in [2.24, 2.45) is 35.5 Å². The number of carboxylic acids is 1. The summed E-state index contributed by atoms with van der Waals surface area (Å²) in [7, 11) is 3.16. The van der Waals surface area contributed by atoms with Crippen molar-refractivity contribution in [1.29, 1.82) is 0 Å². The van der Waals surface area contributed by atoms with Gasteiger partial charge in [-0.2, -0.15) is 0 Å². The molecule has 2 bridgehead atoms. The quantitative estimate of drug-likeness (QED) is 0.495. The summed E-state index contributed by atoms with van der Waals surface area (Å²) in [6.07, 6.45) is 0.976. The van der Waals surface area contributed by atoms with Crippen molar-refractivity contribution in [3.05, 3.63) is 38.3 Å². The maximum absolute atomic E-state index is 13.8. The Morgan fingerprint density at radius 3 is 2.42 bits per heavy atom. The van der Waals surface area contributed by atoms with Gasteiger partial charge in [0.1, 0.15) is 6.04 Å². The number of amides is 2. The summed E-state index contributed by atoms with van der Waals surface area (Å²) in [4.78, 5) is 57.0. The van der Waals surface area contributed by atoms with E-state index in [1.807, 2.05) is 32.0 Å². The van der Waals surface area contributed by atoms with Gasteiger partial charge in [-0.3, -0.25) is 19.3 Å². The van der Waals surface area contributed by atoms with Crippen molar-refractivity contribution >= 4 is 40.9 Å². The molecule has 9 nitrogen and oxygen atoms in total. The van der Waals surface area contributed by atoms with Crippen LogP contribution >= 0.6 is 23.1 Å². The smallest absolute Gasteiger partial charge is 0.326 e. The van der Waals surface area contributed by atoms with E-state index in [2.05, 4.69) is 4.98 Å². The van der Waals surface area contributed by atoms with Crippen molar-refractivity contribution in [2.75, 3.05) is 14.2 Å². The van der Waals surface area contributed by atoms with Crippen LogP contribution in [0.5, 0.6) is 11.5 Å². The van der Waals surface area contributed by atoms with E-state index in [1.54, 1.807) is 26.0 Å². The molecule has 4 aliphatic rings. The molecule has 2 aromatic rings. The van der Waals surface area contributed by atoms with Crippen LogP contribution in [0.3, 0.4) is 0 Å². The van der Waals surface area contributed by atoms with Crippen LogP contribution in [0.15, 0.2) is 28.0 Å². The fourth-order valence-corrected chi connectivity index (χ4v) is 10.4. The molecule has 2 N–H and O–H groups in total. The van der Waals surface area contributed by atoms with E-state index in [4.69, 9.17) is 9.47 Å². The molecule has 2 aliphatic carbocycles. The molecular weight excluding hydrogens is 528 g/mol. The second-order valence-electron chi connectivity index (χ2n) is 11.1. The number of imide groups is 1. The lowest BCUT2D eigenvalue weighted by Crippen LogP contribution is -2.47. The Balaban J connectivity index is 1.43. The number of hydrogen-bond donors (Lipinski definition) is 2. The number of nitrogens with zero attached hydrogens (tertiary/aromatic N) is 1. The van der Waals surface area contributed by atoms with Crippen molar-refractivity contribution in [2.45, 2.75) is 48.9 Å². The van der Waals surface area contributed by atoms with Gasteiger partial charge >= 0.3 is 10.8 Å². The minimum absolute atomic E-state index is 0.0216. The van der Waals surface area contributed by atoms with Crippen molar-refractivity contribution in [3.8, 4) is 11.5 Å². The summed E-state index contributed by atoms with van der Waals surface area (Å²) in [5.74, 6) is -1.92. The highest BCUT2D eigenvalue weighted by atomic mass is 32.2. The number of carboxylic acid groups (broad SMARTS) is 1. The number of likely N-dealkylation sites (tertiary alicyclic amines) is 1. The van der Waals surface area contributed by atoms with Gasteiger partial charge in [-0.15, -0.1) is 11.8 Å². The highest BCUT2D eigenvalue weighted by molar-refractivity contribution is 8.00. The van der Waals surface area contributed by atoms with Crippen molar-refractivity contribution in [1.82, 2.24) is 9.88 Å². The zero-order valence-electron chi connectivity index (χ0n) is 21.5. The van der Waals surface area contributed by atoms with Gasteiger partial charge in [-0.1, -0.05) is 31.3 Å². The number of thiazole rings is 1. The lowest BCUT2D eigenvalue weighted by Gasteiger charge is -2.43. The molecule has 3 fully saturated rings. The predicted octanol–water partition coefficient (Wildman–Crippen LogP) is 3.43. The maximum Gasteiger partial charge on any atom is 0.326 e. The highest BCUT2D eigenvalue weighted by Crippen LogP contribution is 2.68. The number of aromatic nitrogens is 1. The molecule has 1 aromatic carbocycles. The fourth-order valence-electron chi connectivity index (χ4n) is 7.53. The first-order valence-corrected chi connectivity index (χ1v) is 14.6. The fraction of sp³-hybridized carbons (Fsp3) is 0.556. The number of benzene rings is 1. The average molecular weight is 559 g/mol. The van der Waals surface area contributed by atoms with Gasteiger partial charge in [0.2, 0.25) is 11.8 Å². The molecule has 2 saturated carbocycles. The molecule has 0 spiro atoms. The molecule has 1 saturated heterocycles. The molecule has 202 valence electrons. The second-order valence-corrected chi connectivity index (χ2v) is 13.3. The predicted molar refractivity (Wildman–Crippen MR) is 141 cm³/mol. The van der Waals surface area contributed by atoms with Crippen LogP contribution < -0.4 is 14.3 Å². The third kappa shape index (κ3) is 3.57. The number of rotatable bonds is 7. The van der Waals surface area contributed by atoms with Gasteiger partial charge in [0, 0.05) is 16.0 Å². The average Bonchev–Trinajstić information content (AvgIpc) is 3.61. The Morgan fingerprint density at radius 1 is 1.11 bits per heavy atom. The lowest BCUT2D eigenvalue weighted by molar-refractivity contribution is -0.156. The standard InChI is InChI=1S/C27H30N2O7S2/c1-10(2)7-14(26(32)33)29-24(30)19-12-9-13(20(19)25(29)31)21-18(12)17(22-23(37-21)28-27(34)38-22)11-5-6-15(35-3)16(8-11)36-4/h5-6,8,10,12-14,17-21H,7,9H2,1-4H3,(H,28,34)(H,32,33). The van der Waals surface area contributed by atoms with Gasteiger partial charge in [0.25, 0.3) is 0 Å². The zero-order chi connectivity index (χ0) is 27.0. The molecule has 8 unspecified atom stereocenters. The summed E-state index contributed by atoms with van der Waals surface area (Å²) in [5, 5.41) is 10.8. The maximum atomic E-state index is 13.8. The van der Waals surface area contributed by atoms with Gasteiger partial charge < -0.3 is 19.6 Å². The Kier molecular flexibility index (Phi) is 6.14. The minimum Gasteiger partial charge on any atom is -0.493 e. The van der Waals surface area contributed by atoms with E-state index in [1.165, 1.54) is 11.3 Å². The number of H-pyrrole nitrogens is 1. The molecule has 0 radical (unpaired) electrons. The third-order valence-electron chi connectivity index (χ3n) is 8.82. The number of nitrogens with one attached hydrogen (secondary N) is 1. The molecule has 3 heterocycles. The van der Waals surface area contributed by atoms with E-state index in [0.717, 1.165) is 26.8 Å². The van der Waals surface area contributed by atoms with E-state index < -0.39 is 23.8 Å². The Bertz CT molecular complexity index is 1380. The van der Waals surface area contributed by atoms with Crippen LogP contribution in [0.2, 0.25) is 0 Å². The van der Waals surface area contributed by atoms with E-state index in [-0.39, 0.29) is 57.9 Å². The van der Waals surface area contributed by atoms with E-state index in [0.29, 0.717) is 11.5 Å². The van der Waals surface area contributed by atoms with Gasteiger partial charge in [-0.05, 0) is 54.2 Å². The summed E-state index contributed by atoms with van der Waals surface area (Å²) < 4.78 is 11.0. The number of thioether (sulfide) groups is 1. The van der Waals surface area contributed by atoms with Gasteiger partial charge in [0.05, 0.1) is 31.1 Å². The normalized spacial score (nSPS) is 31.8. The number of hydrogen-bond acceptors (Lipinski definition) is 8. The number of carbonyl (C=O) groups excluding carboxylic acids is 2. The zero-order valence-corrected chi connectivity index (χ0v) is 23.1. The van der Waals surface area contributed by atoms with E-state index >= 15 is 0 Å². The Labute approximate surface area is 227 Å². The number of aliphatic carboxylic acids is 1. The molecule has 2 aliphatic heterocycles. The monoisotopic (exact) mass is 558 g/mol. The second kappa shape index (κ2) is 9.15. The first-order valence-electron chi connectivity index (χ1n) is 12.9. The lowest BCUT2D eigenvalue weighted by atomic mass is 9.68. The van der Waals surface area contributed by atoms with Crippen LogP contribution in [0.4, 0.5) is 0 Å². The van der Waals surface area contributed by atoms with Gasteiger partial charge in [0.15, 0.2) is 11.5 Å². The highest BCUT2D eigenvalue weighted by Gasteiger charge is 2.70. The largest absolute Gasteiger partial charge is 0.493 e. The molecule has 8 atom stereocenters. The Morgan fingerprint density at radius 2 is 1.79 bits per heavy atom. The topological polar surface area (TPSA) is 126 Å². The van der Waals surface area contributed by atoms with Crippen LogP contribution in [0.25, 0.3) is 0 Å². The van der Waals surface area contributed by atoms with Crippen LogP contribution in [-0.4, -0.2) is 58.3 Å². The van der Waals surface area contributed by atoms with E-state index in [9.17, 15) is 24.3 Å². The van der Waals surface area contributed by atoms with Crippen molar-refractivity contribution < 1.29 is 29.0 Å².